The number of benzene rings is 2. The molecule has 0 spiro atoms. The summed E-state index contributed by atoms with van der Waals surface area (Å²) < 4.78 is 12.3. The summed E-state index contributed by atoms with van der Waals surface area (Å²) in [5.41, 5.74) is -1.42. The third kappa shape index (κ3) is 3.48. The molecule has 2 aliphatic rings. The molecule has 2 aromatic carbocycles. The van der Waals surface area contributed by atoms with Crippen LogP contribution in [0.25, 0.3) is 0 Å². The number of rotatable bonds is 8. The summed E-state index contributed by atoms with van der Waals surface area (Å²) in [7, 11) is 0. The van der Waals surface area contributed by atoms with Gasteiger partial charge >= 0.3 is 11.8 Å². The fourth-order valence-corrected chi connectivity index (χ4v) is 4.90. The second-order valence-electron chi connectivity index (χ2n) is 9.19. The SMILES string of the molecule is CCCC(=O)N[C@@]12C(=O)c3c([N+](=O)[O-])cccc3[C@]1(OC(=O)CCC)Oc1cc(C(C)C)ccc12. The molecule has 0 unspecified atom stereocenters. The van der Waals surface area contributed by atoms with Crippen LogP contribution in [-0.4, -0.2) is 22.6 Å². The Bertz CT molecular complexity index is 1240. The Balaban J connectivity index is 2.06. The van der Waals surface area contributed by atoms with Gasteiger partial charge < -0.3 is 14.8 Å². The number of nitrogens with zero attached hydrogens (tertiary/aromatic N) is 1. The quantitative estimate of drug-likeness (QED) is 0.332. The zero-order valence-electron chi connectivity index (χ0n) is 20.2. The molecule has 0 bridgehead atoms. The van der Waals surface area contributed by atoms with Gasteiger partial charge in [0.2, 0.25) is 17.2 Å². The van der Waals surface area contributed by atoms with E-state index in [2.05, 4.69) is 5.32 Å². The molecule has 1 aliphatic carbocycles. The number of hydrogen-bond acceptors (Lipinski definition) is 7. The van der Waals surface area contributed by atoms with Crippen molar-refractivity contribution >= 4 is 23.3 Å². The van der Waals surface area contributed by atoms with Gasteiger partial charge in [-0.1, -0.05) is 45.9 Å². The highest BCUT2D eigenvalue weighted by atomic mass is 16.7. The van der Waals surface area contributed by atoms with Crippen molar-refractivity contribution in [1.29, 1.82) is 0 Å². The van der Waals surface area contributed by atoms with E-state index in [1.165, 1.54) is 18.2 Å². The highest BCUT2D eigenvalue weighted by molar-refractivity contribution is 6.15. The Morgan fingerprint density at radius 1 is 1.11 bits per heavy atom. The summed E-state index contributed by atoms with van der Waals surface area (Å²) in [5.74, 6) is -3.55. The van der Waals surface area contributed by atoms with Gasteiger partial charge in [0.1, 0.15) is 11.3 Å². The second-order valence-corrected chi connectivity index (χ2v) is 9.19. The number of carbonyl (C=O) groups excluding carboxylic acids is 3. The average molecular weight is 481 g/mol. The zero-order chi connectivity index (χ0) is 25.5. The Kier molecular flexibility index (Phi) is 6.12. The van der Waals surface area contributed by atoms with E-state index in [1.807, 2.05) is 26.8 Å². The lowest BCUT2D eigenvalue weighted by Gasteiger charge is -2.37. The minimum atomic E-state index is -2.11. The Hall–Kier alpha value is -3.75. The number of Topliss-reactive ketones (excluding diaryl/α,β-unsaturated/α-hetero) is 1. The Morgan fingerprint density at radius 2 is 1.83 bits per heavy atom. The van der Waals surface area contributed by atoms with Gasteiger partial charge in [0, 0.05) is 24.5 Å². The van der Waals surface area contributed by atoms with E-state index in [1.54, 1.807) is 19.1 Å². The summed E-state index contributed by atoms with van der Waals surface area (Å²) in [6.07, 6.45) is 1.12. The molecule has 2 aromatic rings. The maximum atomic E-state index is 14.2. The second kappa shape index (κ2) is 8.79. The van der Waals surface area contributed by atoms with Gasteiger partial charge in [-0.05, 0) is 36.5 Å². The molecule has 4 rings (SSSR count). The van der Waals surface area contributed by atoms with E-state index in [9.17, 15) is 24.5 Å². The van der Waals surface area contributed by atoms with Crippen LogP contribution in [0, 0.1) is 10.1 Å². The lowest BCUT2D eigenvalue weighted by Crippen LogP contribution is -2.61. The molecule has 9 nitrogen and oxygen atoms in total. The van der Waals surface area contributed by atoms with Crippen molar-refractivity contribution in [3.63, 3.8) is 0 Å². The molecule has 0 fully saturated rings. The van der Waals surface area contributed by atoms with Crippen molar-refractivity contribution in [2.24, 2.45) is 0 Å². The smallest absolute Gasteiger partial charge is 0.317 e. The molecule has 1 N–H and O–H groups in total. The molecule has 1 amide bonds. The number of ketones is 1. The van der Waals surface area contributed by atoms with Crippen LogP contribution in [0.5, 0.6) is 5.75 Å². The standard InChI is InChI=1S/C26H28N2O7/c1-5-8-21(29)27-25-17-13-12-16(15(3)4)14-20(17)34-26(25,35-22(30)9-6-2)18-10-7-11-19(28(32)33)23(18)24(25)31/h7,10-15H,5-6,8-9H2,1-4H3,(H,27,29)/t25-,26+/m0/s1. The first-order valence-corrected chi connectivity index (χ1v) is 11.8. The lowest BCUT2D eigenvalue weighted by atomic mass is 9.81. The number of carbonyl (C=O) groups is 3. The minimum absolute atomic E-state index is 0.0378. The number of fused-ring (bicyclic) bond motifs is 5. The van der Waals surface area contributed by atoms with Gasteiger partial charge in [0.25, 0.3) is 5.69 Å². The van der Waals surface area contributed by atoms with Crippen LogP contribution in [0.4, 0.5) is 5.69 Å². The van der Waals surface area contributed by atoms with E-state index in [0.29, 0.717) is 18.4 Å². The van der Waals surface area contributed by atoms with Crippen LogP contribution in [0.15, 0.2) is 36.4 Å². The molecule has 0 saturated carbocycles. The van der Waals surface area contributed by atoms with Crippen molar-refractivity contribution in [3.05, 3.63) is 68.8 Å². The first-order valence-electron chi connectivity index (χ1n) is 11.8. The molecule has 0 saturated heterocycles. The fourth-order valence-electron chi connectivity index (χ4n) is 4.90. The van der Waals surface area contributed by atoms with Crippen LogP contribution in [0.2, 0.25) is 0 Å². The predicted octanol–water partition coefficient (Wildman–Crippen LogP) is 4.61. The molecule has 1 aliphatic heterocycles. The van der Waals surface area contributed by atoms with Crippen molar-refractivity contribution in [2.45, 2.75) is 70.6 Å². The Labute approximate surface area is 203 Å². The summed E-state index contributed by atoms with van der Waals surface area (Å²) in [6, 6.07) is 9.34. The van der Waals surface area contributed by atoms with Gasteiger partial charge in [-0.25, -0.2) is 0 Å². The first-order chi connectivity index (χ1) is 16.6. The molecule has 9 heteroatoms. The molecular formula is C26H28N2O7. The van der Waals surface area contributed by atoms with E-state index in [0.717, 1.165) is 5.56 Å². The number of esters is 1. The van der Waals surface area contributed by atoms with E-state index in [4.69, 9.17) is 9.47 Å². The molecule has 0 aromatic heterocycles. The molecule has 184 valence electrons. The summed E-state index contributed by atoms with van der Waals surface area (Å²) in [6.45, 7) is 7.61. The highest BCUT2D eigenvalue weighted by Gasteiger charge is 2.76. The van der Waals surface area contributed by atoms with Crippen molar-refractivity contribution < 1.29 is 28.8 Å². The molecular weight excluding hydrogens is 452 g/mol. The van der Waals surface area contributed by atoms with E-state index >= 15 is 0 Å². The van der Waals surface area contributed by atoms with Crippen LogP contribution in [-0.2, 0) is 25.7 Å². The summed E-state index contributed by atoms with van der Waals surface area (Å²) in [5, 5.41) is 14.7. The molecule has 0 radical (unpaired) electrons. The van der Waals surface area contributed by atoms with Gasteiger partial charge in [-0.3, -0.25) is 24.5 Å². The largest absolute Gasteiger partial charge is 0.445 e. The predicted molar refractivity (Wildman–Crippen MR) is 126 cm³/mol. The van der Waals surface area contributed by atoms with Crippen LogP contribution >= 0.6 is 0 Å². The number of nitro benzene ring substituents is 1. The first kappa shape index (κ1) is 24.4. The lowest BCUT2D eigenvalue weighted by molar-refractivity contribution is -0.385. The van der Waals surface area contributed by atoms with E-state index < -0.39 is 39.6 Å². The summed E-state index contributed by atoms with van der Waals surface area (Å²) in [4.78, 5) is 51.3. The zero-order valence-corrected chi connectivity index (χ0v) is 20.2. The number of hydrogen-bond donors (Lipinski definition) is 1. The van der Waals surface area contributed by atoms with Crippen molar-refractivity contribution in [1.82, 2.24) is 5.32 Å². The van der Waals surface area contributed by atoms with Crippen molar-refractivity contribution in [3.8, 4) is 5.75 Å². The molecule has 35 heavy (non-hydrogen) atoms. The van der Waals surface area contributed by atoms with Gasteiger partial charge in [-0.2, -0.15) is 0 Å². The number of amides is 1. The van der Waals surface area contributed by atoms with Gasteiger partial charge in [0.05, 0.1) is 10.5 Å². The van der Waals surface area contributed by atoms with Crippen LogP contribution in [0.3, 0.4) is 0 Å². The van der Waals surface area contributed by atoms with Crippen molar-refractivity contribution in [2.75, 3.05) is 0 Å². The number of ether oxygens (including phenoxy) is 2. The highest BCUT2D eigenvalue weighted by Crippen LogP contribution is 2.61. The number of nitrogens with one attached hydrogen (secondary N) is 1. The maximum absolute atomic E-state index is 14.2. The van der Waals surface area contributed by atoms with Gasteiger partial charge in [0.15, 0.2) is 0 Å². The van der Waals surface area contributed by atoms with E-state index in [-0.39, 0.29) is 35.6 Å². The summed E-state index contributed by atoms with van der Waals surface area (Å²) >= 11 is 0. The maximum Gasteiger partial charge on any atom is 0.317 e. The topological polar surface area (TPSA) is 125 Å². The van der Waals surface area contributed by atoms with Crippen LogP contribution in [0.1, 0.15) is 86.3 Å². The average Bonchev–Trinajstić information content (AvgIpc) is 3.17. The molecule has 2 atom stereocenters. The fraction of sp³-hybridized carbons (Fsp3) is 0.423. The monoisotopic (exact) mass is 480 g/mol. The number of nitro groups is 1. The molecule has 1 heterocycles. The third-order valence-corrected chi connectivity index (χ3v) is 6.50. The normalized spacial score (nSPS) is 21.7. The van der Waals surface area contributed by atoms with Gasteiger partial charge in [-0.15, -0.1) is 0 Å². The van der Waals surface area contributed by atoms with Crippen LogP contribution < -0.4 is 10.1 Å². The third-order valence-electron chi connectivity index (χ3n) is 6.50. The minimum Gasteiger partial charge on any atom is -0.445 e. The Morgan fingerprint density at radius 3 is 2.46 bits per heavy atom.